The van der Waals surface area contributed by atoms with Gasteiger partial charge < -0.3 is 14.6 Å². The van der Waals surface area contributed by atoms with E-state index in [1.54, 1.807) is 14.0 Å². The molecule has 2 rings (SSSR count). The SMILES string of the molecule is CCOC(=O)CCC(=O)c1cc2cc(CCCO)c(OC)cc2s1. The van der Waals surface area contributed by atoms with E-state index in [0.29, 0.717) is 17.9 Å². The Labute approximate surface area is 145 Å². The molecule has 2 aromatic rings. The quantitative estimate of drug-likeness (QED) is 0.554. The second kappa shape index (κ2) is 8.80. The second-order valence-corrected chi connectivity index (χ2v) is 6.45. The van der Waals surface area contributed by atoms with Crippen molar-refractivity contribution in [1.29, 1.82) is 0 Å². The van der Waals surface area contributed by atoms with Crippen LogP contribution in [0.4, 0.5) is 0 Å². The predicted octanol–water partition coefficient (Wildman–Crippen LogP) is 3.36. The highest BCUT2D eigenvalue weighted by atomic mass is 32.1. The molecule has 130 valence electrons. The van der Waals surface area contributed by atoms with Crippen molar-refractivity contribution in [2.24, 2.45) is 0 Å². The Morgan fingerprint density at radius 3 is 2.67 bits per heavy atom. The van der Waals surface area contributed by atoms with Crippen molar-refractivity contribution in [3.05, 3.63) is 28.6 Å². The molecular formula is C18H22O5S. The molecule has 1 N–H and O–H groups in total. The van der Waals surface area contributed by atoms with Crippen LogP contribution in [0.15, 0.2) is 18.2 Å². The number of thiophene rings is 1. The summed E-state index contributed by atoms with van der Waals surface area (Å²) in [6, 6.07) is 5.78. The fraction of sp³-hybridized carbons (Fsp3) is 0.444. The summed E-state index contributed by atoms with van der Waals surface area (Å²) in [5, 5.41) is 9.98. The maximum Gasteiger partial charge on any atom is 0.306 e. The summed E-state index contributed by atoms with van der Waals surface area (Å²) >= 11 is 1.40. The van der Waals surface area contributed by atoms with Crippen LogP contribution in [0.3, 0.4) is 0 Å². The average molecular weight is 350 g/mol. The van der Waals surface area contributed by atoms with Crippen molar-refractivity contribution in [2.45, 2.75) is 32.6 Å². The standard InChI is InChI=1S/C18H22O5S/c1-3-23-18(21)7-6-14(20)17-10-13-9-12(5-4-8-19)15(22-2)11-16(13)24-17/h9-11,19H,3-8H2,1-2H3. The van der Waals surface area contributed by atoms with Gasteiger partial charge in [-0.25, -0.2) is 0 Å². The van der Waals surface area contributed by atoms with Gasteiger partial charge in [-0.15, -0.1) is 11.3 Å². The molecule has 0 radical (unpaired) electrons. The van der Waals surface area contributed by atoms with Gasteiger partial charge in [0.25, 0.3) is 0 Å². The lowest BCUT2D eigenvalue weighted by atomic mass is 10.1. The van der Waals surface area contributed by atoms with Crippen molar-refractivity contribution in [2.75, 3.05) is 20.3 Å². The van der Waals surface area contributed by atoms with Gasteiger partial charge in [-0.3, -0.25) is 9.59 Å². The van der Waals surface area contributed by atoms with Crippen molar-refractivity contribution >= 4 is 33.2 Å². The zero-order chi connectivity index (χ0) is 17.5. The first-order valence-corrected chi connectivity index (χ1v) is 8.80. The first kappa shape index (κ1) is 18.4. The van der Waals surface area contributed by atoms with Crippen LogP contribution < -0.4 is 4.74 Å². The highest BCUT2D eigenvalue weighted by molar-refractivity contribution is 7.20. The number of esters is 1. The molecule has 0 atom stereocenters. The molecule has 0 bridgehead atoms. The first-order valence-electron chi connectivity index (χ1n) is 7.99. The number of ether oxygens (including phenoxy) is 2. The molecule has 1 aromatic heterocycles. The van der Waals surface area contributed by atoms with Gasteiger partial charge in [0.2, 0.25) is 0 Å². The minimum Gasteiger partial charge on any atom is -0.496 e. The van der Waals surface area contributed by atoms with Crippen molar-refractivity contribution < 1.29 is 24.2 Å². The van der Waals surface area contributed by atoms with Crippen LogP contribution in [0.25, 0.3) is 10.1 Å². The van der Waals surface area contributed by atoms with Gasteiger partial charge in [0, 0.05) is 17.7 Å². The van der Waals surface area contributed by atoms with Crippen molar-refractivity contribution in [3.8, 4) is 5.75 Å². The van der Waals surface area contributed by atoms with E-state index in [-0.39, 0.29) is 31.2 Å². The Balaban J connectivity index is 2.17. The maximum atomic E-state index is 12.3. The summed E-state index contributed by atoms with van der Waals surface area (Å²) in [5.74, 6) is 0.364. The molecule has 0 fully saturated rings. The number of aliphatic hydroxyl groups is 1. The van der Waals surface area contributed by atoms with Crippen LogP contribution in [0.1, 0.15) is 41.4 Å². The number of aliphatic hydroxyl groups excluding tert-OH is 1. The van der Waals surface area contributed by atoms with E-state index in [9.17, 15) is 9.59 Å². The molecule has 0 aliphatic carbocycles. The lowest BCUT2D eigenvalue weighted by Crippen LogP contribution is -2.07. The van der Waals surface area contributed by atoms with E-state index >= 15 is 0 Å². The average Bonchev–Trinajstić information content (AvgIpc) is 3.00. The largest absolute Gasteiger partial charge is 0.496 e. The van der Waals surface area contributed by atoms with E-state index in [2.05, 4.69) is 0 Å². The number of methoxy groups -OCH3 is 1. The number of hydrogen-bond donors (Lipinski definition) is 1. The number of ketones is 1. The first-order chi connectivity index (χ1) is 11.6. The van der Waals surface area contributed by atoms with Crippen molar-refractivity contribution in [3.63, 3.8) is 0 Å². The van der Waals surface area contributed by atoms with Gasteiger partial charge in [0.15, 0.2) is 5.78 Å². The minimum atomic E-state index is -0.347. The molecule has 0 aliphatic rings. The third-order valence-corrected chi connectivity index (χ3v) is 4.80. The molecule has 5 nitrogen and oxygen atoms in total. The van der Waals surface area contributed by atoms with E-state index in [1.165, 1.54) is 11.3 Å². The number of carbonyl (C=O) groups excluding carboxylic acids is 2. The Morgan fingerprint density at radius 2 is 2.00 bits per heavy atom. The Hall–Kier alpha value is -1.92. The predicted molar refractivity (Wildman–Crippen MR) is 94.0 cm³/mol. The Bertz CT molecular complexity index is 720. The Kier molecular flexibility index (Phi) is 6.75. The van der Waals surface area contributed by atoms with E-state index < -0.39 is 0 Å². The van der Waals surface area contributed by atoms with E-state index in [1.807, 2.05) is 18.2 Å². The van der Waals surface area contributed by atoms with Gasteiger partial charge in [0.1, 0.15) is 5.75 Å². The molecule has 0 unspecified atom stereocenters. The minimum absolute atomic E-state index is 0.0554. The molecule has 0 spiro atoms. The van der Waals surface area contributed by atoms with Crippen LogP contribution >= 0.6 is 11.3 Å². The van der Waals surface area contributed by atoms with Gasteiger partial charge >= 0.3 is 5.97 Å². The summed E-state index contributed by atoms with van der Waals surface area (Å²) in [4.78, 5) is 24.3. The molecule has 1 aromatic carbocycles. The van der Waals surface area contributed by atoms with Gasteiger partial charge in [-0.1, -0.05) is 0 Å². The summed E-state index contributed by atoms with van der Waals surface area (Å²) in [6.45, 7) is 2.20. The number of carbonyl (C=O) groups is 2. The molecule has 0 saturated heterocycles. The fourth-order valence-electron chi connectivity index (χ4n) is 2.48. The molecule has 0 aliphatic heterocycles. The van der Waals surface area contributed by atoms with Crippen LogP contribution in [-0.2, 0) is 16.0 Å². The van der Waals surface area contributed by atoms with Crippen LogP contribution in [0.2, 0.25) is 0 Å². The van der Waals surface area contributed by atoms with Gasteiger partial charge in [-0.05, 0) is 48.9 Å². The van der Waals surface area contributed by atoms with Gasteiger partial charge in [0.05, 0.1) is 25.0 Å². The van der Waals surface area contributed by atoms with Crippen molar-refractivity contribution in [1.82, 2.24) is 0 Å². The van der Waals surface area contributed by atoms with Crippen LogP contribution in [-0.4, -0.2) is 37.2 Å². The number of fused-ring (bicyclic) bond motifs is 1. The summed E-state index contributed by atoms with van der Waals surface area (Å²) in [7, 11) is 1.61. The highest BCUT2D eigenvalue weighted by Gasteiger charge is 2.15. The molecule has 1 heterocycles. The maximum absolute atomic E-state index is 12.3. The molecule has 0 saturated carbocycles. The number of hydrogen-bond acceptors (Lipinski definition) is 6. The number of aryl methyl sites for hydroxylation is 1. The fourth-order valence-corrected chi connectivity index (χ4v) is 3.52. The van der Waals surface area contributed by atoms with Crippen LogP contribution in [0, 0.1) is 0 Å². The zero-order valence-electron chi connectivity index (χ0n) is 14.0. The van der Waals surface area contributed by atoms with Crippen LogP contribution in [0.5, 0.6) is 5.75 Å². The van der Waals surface area contributed by atoms with E-state index in [4.69, 9.17) is 14.6 Å². The molecular weight excluding hydrogens is 328 g/mol. The Morgan fingerprint density at radius 1 is 1.21 bits per heavy atom. The summed E-state index contributed by atoms with van der Waals surface area (Å²) < 4.78 is 11.2. The zero-order valence-corrected chi connectivity index (χ0v) is 14.8. The smallest absolute Gasteiger partial charge is 0.306 e. The normalized spacial score (nSPS) is 10.8. The summed E-state index contributed by atoms with van der Waals surface area (Å²) in [6.07, 6.45) is 1.64. The summed E-state index contributed by atoms with van der Waals surface area (Å²) in [5.41, 5.74) is 1.02. The monoisotopic (exact) mass is 350 g/mol. The molecule has 0 amide bonds. The third-order valence-electron chi connectivity index (χ3n) is 3.66. The van der Waals surface area contributed by atoms with Gasteiger partial charge in [-0.2, -0.15) is 0 Å². The lowest BCUT2D eigenvalue weighted by Gasteiger charge is -2.07. The number of Topliss-reactive ketones (excluding diaryl/α,β-unsaturated/α-hetero) is 1. The topological polar surface area (TPSA) is 72.8 Å². The number of rotatable bonds is 9. The third kappa shape index (κ3) is 4.55. The second-order valence-electron chi connectivity index (χ2n) is 5.37. The van der Waals surface area contributed by atoms with E-state index in [0.717, 1.165) is 27.8 Å². The number of benzene rings is 1. The highest BCUT2D eigenvalue weighted by Crippen LogP contribution is 2.33. The molecule has 24 heavy (non-hydrogen) atoms. The molecule has 6 heteroatoms. The lowest BCUT2D eigenvalue weighted by molar-refractivity contribution is -0.143.